The van der Waals surface area contributed by atoms with Crippen molar-refractivity contribution in [1.82, 2.24) is 9.80 Å². The molecule has 0 saturated carbocycles. The van der Waals surface area contributed by atoms with E-state index in [-0.39, 0.29) is 11.6 Å². The molecule has 0 spiro atoms. The topological polar surface area (TPSA) is 35.6 Å². The van der Waals surface area contributed by atoms with Gasteiger partial charge >= 0.3 is 0 Å². The first-order chi connectivity index (χ1) is 13.1. The Kier molecular flexibility index (Phi) is 6.90. The van der Waals surface area contributed by atoms with Crippen molar-refractivity contribution in [2.24, 2.45) is 0 Å². The highest BCUT2D eigenvalue weighted by Crippen LogP contribution is 2.13. The molecule has 144 valence electrons. The molecule has 2 aromatic rings. The molecule has 1 heterocycles. The number of amides is 1. The highest BCUT2D eigenvalue weighted by Gasteiger charge is 2.17. The number of hydrogen-bond donors (Lipinski definition) is 1. The number of anilines is 1. The minimum Gasteiger partial charge on any atom is -0.326 e. The van der Waals surface area contributed by atoms with E-state index in [1.54, 1.807) is 0 Å². The monoisotopic (exact) mass is 373 g/mol. The zero-order chi connectivity index (χ0) is 19.1. The Labute approximate surface area is 158 Å². The molecule has 1 amide bonds. The lowest BCUT2D eigenvalue weighted by atomic mass is 10.1. The number of carbonyl (C=O) groups is 1. The second-order valence-corrected chi connectivity index (χ2v) is 6.85. The smallest absolute Gasteiger partial charge is 0.225 e. The number of hydrogen-bond acceptors (Lipinski definition) is 3. The molecule has 0 atom stereocenters. The number of benzene rings is 2. The van der Waals surface area contributed by atoms with Crippen LogP contribution in [0.4, 0.5) is 14.5 Å². The van der Waals surface area contributed by atoms with E-state index in [2.05, 4.69) is 39.4 Å². The van der Waals surface area contributed by atoms with Gasteiger partial charge in [-0.15, -0.1) is 0 Å². The zero-order valence-corrected chi connectivity index (χ0v) is 15.3. The molecule has 4 nitrogen and oxygen atoms in total. The molecule has 0 bridgehead atoms. The predicted octanol–water partition coefficient (Wildman–Crippen LogP) is 3.15. The van der Waals surface area contributed by atoms with Gasteiger partial charge in [-0.1, -0.05) is 30.3 Å². The fraction of sp³-hybridized carbons (Fsp3) is 0.381. The SMILES string of the molecule is O=C(CCN1CCN(CCc2ccccc2)CC1)Nc1ccc(F)c(F)c1. The van der Waals surface area contributed by atoms with Gasteiger partial charge in [-0.2, -0.15) is 0 Å². The maximum Gasteiger partial charge on any atom is 0.225 e. The number of nitrogens with one attached hydrogen (secondary N) is 1. The minimum atomic E-state index is -0.959. The number of piperazine rings is 1. The molecule has 1 aliphatic heterocycles. The standard InChI is InChI=1S/C21H25F2N3O/c22-19-7-6-18(16-20(19)23)24-21(27)9-11-26-14-12-25(13-15-26)10-8-17-4-2-1-3-5-17/h1-7,16H,8-15H2,(H,24,27). The van der Waals surface area contributed by atoms with Gasteiger partial charge in [0.1, 0.15) is 0 Å². The first kappa shape index (κ1) is 19.5. The summed E-state index contributed by atoms with van der Waals surface area (Å²) in [6.07, 6.45) is 1.39. The molecule has 1 aliphatic rings. The summed E-state index contributed by atoms with van der Waals surface area (Å²) in [7, 11) is 0. The fourth-order valence-electron chi connectivity index (χ4n) is 3.23. The van der Waals surface area contributed by atoms with Gasteiger partial charge in [-0.3, -0.25) is 4.79 Å². The highest BCUT2D eigenvalue weighted by molar-refractivity contribution is 5.90. The van der Waals surface area contributed by atoms with E-state index in [1.165, 1.54) is 11.6 Å². The zero-order valence-electron chi connectivity index (χ0n) is 15.3. The highest BCUT2D eigenvalue weighted by atomic mass is 19.2. The van der Waals surface area contributed by atoms with E-state index in [0.29, 0.717) is 13.0 Å². The lowest BCUT2D eigenvalue weighted by molar-refractivity contribution is -0.116. The van der Waals surface area contributed by atoms with Crippen LogP contribution in [0.2, 0.25) is 0 Å². The molecular formula is C21H25F2N3O. The van der Waals surface area contributed by atoms with Crippen LogP contribution in [-0.2, 0) is 11.2 Å². The molecule has 1 fully saturated rings. The summed E-state index contributed by atoms with van der Waals surface area (Å²) >= 11 is 0. The Balaban J connectivity index is 1.34. The third kappa shape index (κ3) is 6.12. The predicted molar refractivity (Wildman–Crippen MR) is 103 cm³/mol. The Hall–Kier alpha value is -2.31. The molecule has 2 aromatic carbocycles. The third-order valence-electron chi connectivity index (χ3n) is 4.88. The van der Waals surface area contributed by atoms with Crippen LogP contribution in [-0.4, -0.2) is 55.0 Å². The third-order valence-corrected chi connectivity index (χ3v) is 4.88. The average Bonchev–Trinajstić information content (AvgIpc) is 2.69. The van der Waals surface area contributed by atoms with Crippen molar-refractivity contribution in [2.45, 2.75) is 12.8 Å². The molecule has 1 N–H and O–H groups in total. The van der Waals surface area contributed by atoms with Crippen molar-refractivity contribution in [2.75, 3.05) is 44.6 Å². The van der Waals surface area contributed by atoms with Crippen LogP contribution in [0.3, 0.4) is 0 Å². The van der Waals surface area contributed by atoms with Crippen LogP contribution >= 0.6 is 0 Å². The number of carbonyl (C=O) groups excluding carboxylic acids is 1. The van der Waals surface area contributed by atoms with Gasteiger partial charge in [0.2, 0.25) is 5.91 Å². The average molecular weight is 373 g/mol. The summed E-state index contributed by atoms with van der Waals surface area (Å²) in [6, 6.07) is 13.9. The van der Waals surface area contributed by atoms with Crippen molar-refractivity contribution in [3.8, 4) is 0 Å². The summed E-state index contributed by atoms with van der Waals surface area (Å²) in [6.45, 7) is 5.59. The van der Waals surface area contributed by atoms with Crippen LogP contribution in [0.5, 0.6) is 0 Å². The van der Waals surface area contributed by atoms with Crippen molar-refractivity contribution >= 4 is 11.6 Å². The van der Waals surface area contributed by atoms with Gasteiger partial charge < -0.3 is 15.1 Å². The van der Waals surface area contributed by atoms with Gasteiger partial charge in [0, 0.05) is 57.4 Å². The van der Waals surface area contributed by atoms with E-state index in [4.69, 9.17) is 0 Å². The van der Waals surface area contributed by atoms with E-state index >= 15 is 0 Å². The van der Waals surface area contributed by atoms with E-state index < -0.39 is 11.6 Å². The van der Waals surface area contributed by atoms with Crippen molar-refractivity contribution in [1.29, 1.82) is 0 Å². The van der Waals surface area contributed by atoms with Gasteiger partial charge in [0.05, 0.1) is 0 Å². The number of halogens is 2. The molecular weight excluding hydrogens is 348 g/mol. The lowest BCUT2D eigenvalue weighted by Crippen LogP contribution is -2.47. The number of nitrogens with zero attached hydrogens (tertiary/aromatic N) is 2. The maximum atomic E-state index is 13.2. The molecule has 27 heavy (non-hydrogen) atoms. The largest absolute Gasteiger partial charge is 0.326 e. The van der Waals surface area contributed by atoms with E-state index in [9.17, 15) is 13.6 Å². The molecule has 0 radical (unpaired) electrons. The Morgan fingerprint density at radius 1 is 0.889 bits per heavy atom. The summed E-state index contributed by atoms with van der Waals surface area (Å²) in [5.74, 6) is -2.06. The van der Waals surface area contributed by atoms with Crippen LogP contribution in [0.1, 0.15) is 12.0 Å². The van der Waals surface area contributed by atoms with Crippen molar-refractivity contribution in [3.05, 3.63) is 65.7 Å². The molecule has 0 aliphatic carbocycles. The fourth-order valence-corrected chi connectivity index (χ4v) is 3.23. The second kappa shape index (κ2) is 9.58. The Bertz CT molecular complexity index is 746. The molecule has 0 aromatic heterocycles. The molecule has 3 rings (SSSR count). The van der Waals surface area contributed by atoms with Crippen LogP contribution < -0.4 is 5.32 Å². The van der Waals surface area contributed by atoms with Gasteiger partial charge in [0.25, 0.3) is 0 Å². The molecule has 6 heteroatoms. The van der Waals surface area contributed by atoms with E-state index in [0.717, 1.165) is 51.3 Å². The van der Waals surface area contributed by atoms with E-state index in [1.807, 2.05) is 6.07 Å². The number of rotatable bonds is 7. The summed E-state index contributed by atoms with van der Waals surface area (Å²) < 4.78 is 26.1. The van der Waals surface area contributed by atoms with Crippen LogP contribution in [0.25, 0.3) is 0 Å². The second-order valence-electron chi connectivity index (χ2n) is 6.85. The Morgan fingerprint density at radius 3 is 2.22 bits per heavy atom. The van der Waals surface area contributed by atoms with Crippen molar-refractivity contribution < 1.29 is 13.6 Å². The molecule has 0 unspecified atom stereocenters. The minimum absolute atomic E-state index is 0.187. The summed E-state index contributed by atoms with van der Waals surface area (Å²) in [4.78, 5) is 16.7. The van der Waals surface area contributed by atoms with Crippen LogP contribution in [0.15, 0.2) is 48.5 Å². The normalized spacial score (nSPS) is 15.6. The van der Waals surface area contributed by atoms with Gasteiger partial charge in [0.15, 0.2) is 11.6 Å². The van der Waals surface area contributed by atoms with Crippen LogP contribution in [0, 0.1) is 11.6 Å². The molecule has 1 saturated heterocycles. The Morgan fingerprint density at radius 2 is 1.56 bits per heavy atom. The summed E-state index contributed by atoms with van der Waals surface area (Å²) in [5, 5.41) is 2.61. The first-order valence-electron chi connectivity index (χ1n) is 9.34. The quantitative estimate of drug-likeness (QED) is 0.810. The maximum absolute atomic E-state index is 13.2. The first-order valence-corrected chi connectivity index (χ1v) is 9.34. The van der Waals surface area contributed by atoms with Gasteiger partial charge in [-0.25, -0.2) is 8.78 Å². The van der Waals surface area contributed by atoms with Gasteiger partial charge in [-0.05, 0) is 24.1 Å². The van der Waals surface area contributed by atoms with Crippen molar-refractivity contribution in [3.63, 3.8) is 0 Å². The lowest BCUT2D eigenvalue weighted by Gasteiger charge is -2.34. The summed E-state index contributed by atoms with van der Waals surface area (Å²) in [5.41, 5.74) is 1.64.